The quantitative estimate of drug-likeness (QED) is 0.764. The van der Waals surface area contributed by atoms with Crippen molar-refractivity contribution in [2.45, 2.75) is 6.54 Å². The van der Waals surface area contributed by atoms with Crippen LogP contribution in [0, 0.1) is 0 Å². The molecule has 0 radical (unpaired) electrons. The van der Waals surface area contributed by atoms with Crippen LogP contribution >= 0.6 is 0 Å². The Morgan fingerprint density at radius 3 is 2.88 bits per heavy atom. The fourth-order valence-electron chi connectivity index (χ4n) is 2.62. The van der Waals surface area contributed by atoms with Crippen molar-refractivity contribution in [2.24, 2.45) is 4.99 Å². The van der Waals surface area contributed by atoms with Crippen molar-refractivity contribution in [1.82, 2.24) is 20.2 Å². The monoisotopic (exact) mass is 317 g/mol. The van der Waals surface area contributed by atoms with Crippen LogP contribution in [-0.4, -0.2) is 32.9 Å². The molecule has 0 aliphatic carbocycles. The number of rotatable bonds is 4. The fourth-order valence-corrected chi connectivity index (χ4v) is 2.62. The number of aromatic nitrogens is 4. The van der Waals surface area contributed by atoms with Gasteiger partial charge in [0, 0.05) is 24.3 Å². The lowest BCUT2D eigenvalue weighted by atomic mass is 10.0. The predicted octanol–water partition coefficient (Wildman–Crippen LogP) is 2.08. The molecule has 1 aliphatic heterocycles. The molecule has 3 N–H and O–H groups in total. The van der Waals surface area contributed by atoms with Crippen LogP contribution in [0.15, 0.2) is 47.7 Å². The zero-order chi connectivity index (χ0) is 16.4. The molecule has 0 unspecified atom stereocenters. The Morgan fingerprint density at radius 1 is 1.12 bits per heavy atom. The zero-order valence-electron chi connectivity index (χ0n) is 12.8. The van der Waals surface area contributed by atoms with Gasteiger partial charge < -0.3 is 11.1 Å². The number of nitrogens with two attached hydrogens (primary N) is 1. The first-order valence-electron chi connectivity index (χ1n) is 7.56. The number of hydrogen-bond donors (Lipinski definition) is 2. The van der Waals surface area contributed by atoms with E-state index >= 15 is 0 Å². The van der Waals surface area contributed by atoms with Crippen LogP contribution in [-0.2, 0) is 6.54 Å². The first-order valence-corrected chi connectivity index (χ1v) is 7.56. The van der Waals surface area contributed by atoms with Crippen molar-refractivity contribution < 1.29 is 0 Å². The van der Waals surface area contributed by atoms with Crippen LogP contribution in [0.2, 0.25) is 0 Å². The van der Waals surface area contributed by atoms with E-state index in [1.165, 1.54) is 5.57 Å². The maximum absolute atomic E-state index is 5.87. The second kappa shape index (κ2) is 6.04. The number of aliphatic imine (C=N–C) groups is 1. The number of hydrogen-bond acceptors (Lipinski definition) is 7. The Labute approximate surface area is 138 Å². The summed E-state index contributed by atoms with van der Waals surface area (Å²) in [6.07, 6.45) is 7.21. The summed E-state index contributed by atoms with van der Waals surface area (Å²) in [7, 11) is 0. The number of nitrogens with one attached hydrogen (secondary N) is 1. The van der Waals surface area contributed by atoms with Crippen molar-refractivity contribution in [3.63, 3.8) is 0 Å². The molecular weight excluding hydrogens is 302 g/mol. The molecule has 0 amide bonds. The standard InChI is InChI=1S/C17H15N7/c18-17-23-15-7-12(13-4-5-19-10-13)1-2-14(15)16(24-17)20-8-11-3-6-21-22-9-11/h1-7,9H,8,10H2,(H3,18,20,23,24). The number of fused-ring (bicyclic) bond motifs is 1. The van der Waals surface area contributed by atoms with Gasteiger partial charge in [0.05, 0.1) is 18.3 Å². The third kappa shape index (κ3) is 2.79. The van der Waals surface area contributed by atoms with Gasteiger partial charge >= 0.3 is 0 Å². The molecule has 4 rings (SSSR count). The lowest BCUT2D eigenvalue weighted by Crippen LogP contribution is -2.06. The Morgan fingerprint density at radius 2 is 2.08 bits per heavy atom. The number of benzene rings is 1. The lowest BCUT2D eigenvalue weighted by molar-refractivity contribution is 0.983. The summed E-state index contributed by atoms with van der Waals surface area (Å²) < 4.78 is 0. The molecular formula is C17H15N7. The van der Waals surface area contributed by atoms with Gasteiger partial charge in [-0.25, -0.2) is 4.98 Å². The summed E-state index contributed by atoms with van der Waals surface area (Å²) >= 11 is 0. The molecule has 1 aromatic carbocycles. The van der Waals surface area contributed by atoms with Gasteiger partial charge in [-0.05, 0) is 41.0 Å². The molecule has 0 spiro atoms. The summed E-state index contributed by atoms with van der Waals surface area (Å²) in [5.41, 5.74) is 9.97. The van der Waals surface area contributed by atoms with E-state index in [4.69, 9.17) is 5.73 Å². The van der Waals surface area contributed by atoms with Crippen molar-refractivity contribution in [3.05, 3.63) is 53.9 Å². The van der Waals surface area contributed by atoms with Gasteiger partial charge in [0.1, 0.15) is 5.82 Å². The summed E-state index contributed by atoms with van der Waals surface area (Å²) in [4.78, 5) is 12.9. The smallest absolute Gasteiger partial charge is 0.222 e. The van der Waals surface area contributed by atoms with E-state index < -0.39 is 0 Å². The zero-order valence-corrected chi connectivity index (χ0v) is 12.8. The first-order chi connectivity index (χ1) is 11.8. The largest absolute Gasteiger partial charge is 0.368 e. The van der Waals surface area contributed by atoms with Gasteiger partial charge in [-0.1, -0.05) is 6.07 Å². The highest BCUT2D eigenvalue weighted by molar-refractivity contribution is 5.95. The Balaban J connectivity index is 1.67. The molecule has 0 atom stereocenters. The molecule has 0 saturated carbocycles. The molecule has 24 heavy (non-hydrogen) atoms. The molecule has 7 nitrogen and oxygen atoms in total. The molecule has 0 fully saturated rings. The molecule has 0 bridgehead atoms. The van der Waals surface area contributed by atoms with Crippen LogP contribution in [0.5, 0.6) is 0 Å². The van der Waals surface area contributed by atoms with Gasteiger partial charge in [0.25, 0.3) is 0 Å². The van der Waals surface area contributed by atoms with Gasteiger partial charge in [-0.15, -0.1) is 0 Å². The molecule has 1 aliphatic rings. The minimum atomic E-state index is 0.242. The maximum atomic E-state index is 5.87. The fraction of sp³-hybridized carbons (Fsp3) is 0.118. The van der Waals surface area contributed by atoms with Crippen molar-refractivity contribution in [1.29, 1.82) is 0 Å². The average molecular weight is 317 g/mol. The minimum absolute atomic E-state index is 0.242. The third-order valence-corrected chi connectivity index (χ3v) is 3.83. The number of nitrogens with zero attached hydrogens (tertiary/aromatic N) is 5. The van der Waals surface area contributed by atoms with E-state index in [9.17, 15) is 0 Å². The van der Waals surface area contributed by atoms with E-state index in [-0.39, 0.29) is 5.95 Å². The third-order valence-electron chi connectivity index (χ3n) is 3.83. The molecule has 7 heteroatoms. The SMILES string of the molecule is Nc1nc(NCc2ccnnc2)c2ccc(C3=CC=NC3)cc2n1. The minimum Gasteiger partial charge on any atom is -0.368 e. The van der Waals surface area contributed by atoms with Gasteiger partial charge in [-0.2, -0.15) is 15.2 Å². The second-order valence-corrected chi connectivity index (χ2v) is 5.45. The highest BCUT2D eigenvalue weighted by atomic mass is 15.1. The topological polar surface area (TPSA) is 102 Å². The number of anilines is 2. The molecule has 3 aromatic rings. The summed E-state index contributed by atoms with van der Waals surface area (Å²) in [5, 5.41) is 11.9. The van der Waals surface area contributed by atoms with Crippen molar-refractivity contribution >= 4 is 34.5 Å². The van der Waals surface area contributed by atoms with Crippen LogP contribution in [0.1, 0.15) is 11.1 Å². The van der Waals surface area contributed by atoms with E-state index in [0.29, 0.717) is 18.9 Å². The lowest BCUT2D eigenvalue weighted by Gasteiger charge is -2.10. The van der Waals surface area contributed by atoms with Crippen LogP contribution in [0.25, 0.3) is 16.5 Å². The second-order valence-electron chi connectivity index (χ2n) is 5.45. The van der Waals surface area contributed by atoms with Gasteiger partial charge in [0.2, 0.25) is 5.95 Å². The normalized spacial score (nSPS) is 13.2. The molecule has 3 heterocycles. The maximum Gasteiger partial charge on any atom is 0.222 e. The predicted molar refractivity (Wildman–Crippen MR) is 94.6 cm³/mol. The van der Waals surface area contributed by atoms with Crippen LogP contribution < -0.4 is 11.1 Å². The highest BCUT2D eigenvalue weighted by Gasteiger charge is 2.10. The van der Waals surface area contributed by atoms with Gasteiger partial charge in [0.15, 0.2) is 0 Å². The van der Waals surface area contributed by atoms with E-state index in [1.54, 1.807) is 12.4 Å². The Kier molecular flexibility index (Phi) is 3.59. The van der Waals surface area contributed by atoms with Crippen molar-refractivity contribution in [2.75, 3.05) is 17.6 Å². The van der Waals surface area contributed by atoms with E-state index in [2.05, 4.69) is 36.5 Å². The van der Waals surface area contributed by atoms with Gasteiger partial charge in [-0.3, -0.25) is 4.99 Å². The summed E-state index contributed by atoms with van der Waals surface area (Å²) in [6, 6.07) is 7.99. The Hall–Kier alpha value is -3.35. The van der Waals surface area contributed by atoms with E-state index in [1.807, 2.05) is 30.5 Å². The summed E-state index contributed by atoms with van der Waals surface area (Å²) in [5.74, 6) is 0.948. The average Bonchev–Trinajstić information content (AvgIpc) is 3.14. The Bertz CT molecular complexity index is 948. The number of nitrogen functional groups attached to an aromatic ring is 1. The number of allylic oxidation sites excluding steroid dienone is 1. The first kappa shape index (κ1) is 14.3. The van der Waals surface area contributed by atoms with Crippen LogP contribution in [0.3, 0.4) is 0 Å². The molecule has 2 aromatic heterocycles. The summed E-state index contributed by atoms with van der Waals surface area (Å²) in [6.45, 7) is 1.29. The molecule has 118 valence electrons. The van der Waals surface area contributed by atoms with Crippen molar-refractivity contribution in [3.8, 4) is 0 Å². The highest BCUT2D eigenvalue weighted by Crippen LogP contribution is 2.26. The van der Waals surface area contributed by atoms with Crippen LogP contribution in [0.4, 0.5) is 11.8 Å². The molecule has 0 saturated heterocycles. The van der Waals surface area contributed by atoms with E-state index in [0.717, 1.165) is 22.0 Å².